The van der Waals surface area contributed by atoms with E-state index in [2.05, 4.69) is 23.1 Å². The number of halogens is 1. The molecule has 1 aliphatic heterocycles. The van der Waals surface area contributed by atoms with Crippen LogP contribution in [0.1, 0.15) is 35.9 Å². The smallest absolute Gasteiger partial charge is 0.236 e. The van der Waals surface area contributed by atoms with E-state index in [1.807, 2.05) is 37.4 Å². The molecule has 0 spiro atoms. The molecule has 1 saturated heterocycles. The highest BCUT2D eigenvalue weighted by Crippen LogP contribution is 2.35. The Morgan fingerprint density at radius 3 is 2.79 bits per heavy atom. The molecule has 4 rings (SSSR count). The van der Waals surface area contributed by atoms with Gasteiger partial charge in [0.05, 0.1) is 22.8 Å². The fourth-order valence-electron chi connectivity index (χ4n) is 3.74. The largest absolute Gasteiger partial charge is 0.340 e. The standard InChI is InChI=1S/C22H24ClN3OS/c1-25(14-16-9-11-17(23)12-10-16)21(27)15-26-13-5-4-7-19(26)22-24-18-6-2-3-8-20(18)28-22/h2-3,6,8-12,19H,4-5,7,13-15H2,1H3/t19-/m1/s1. The van der Waals surface area contributed by atoms with Crippen LogP contribution in [0.3, 0.4) is 0 Å². The van der Waals surface area contributed by atoms with Crippen LogP contribution in [-0.4, -0.2) is 40.8 Å². The van der Waals surface area contributed by atoms with Gasteiger partial charge in [-0.3, -0.25) is 9.69 Å². The minimum absolute atomic E-state index is 0.142. The van der Waals surface area contributed by atoms with Crippen molar-refractivity contribution < 1.29 is 4.79 Å². The maximum atomic E-state index is 12.9. The first-order valence-corrected chi connectivity index (χ1v) is 10.9. The molecule has 4 nitrogen and oxygen atoms in total. The van der Waals surface area contributed by atoms with E-state index >= 15 is 0 Å². The number of fused-ring (bicyclic) bond motifs is 1. The molecule has 0 unspecified atom stereocenters. The third kappa shape index (κ3) is 4.37. The van der Waals surface area contributed by atoms with E-state index in [0.29, 0.717) is 18.1 Å². The van der Waals surface area contributed by atoms with E-state index in [1.165, 1.54) is 11.1 Å². The molecule has 2 heterocycles. The quantitative estimate of drug-likeness (QED) is 0.581. The number of likely N-dealkylation sites (N-methyl/N-ethyl adjacent to an activating group) is 1. The summed E-state index contributed by atoms with van der Waals surface area (Å²) in [6.45, 7) is 1.97. The molecule has 1 atom stereocenters. The van der Waals surface area contributed by atoms with Crippen molar-refractivity contribution in [3.05, 3.63) is 64.1 Å². The molecule has 0 saturated carbocycles. The monoisotopic (exact) mass is 413 g/mol. The van der Waals surface area contributed by atoms with Crippen molar-refractivity contribution in [2.45, 2.75) is 31.8 Å². The number of carbonyl (C=O) groups excluding carboxylic acids is 1. The molecule has 1 aliphatic rings. The van der Waals surface area contributed by atoms with Crippen molar-refractivity contribution in [1.82, 2.24) is 14.8 Å². The average Bonchev–Trinajstić information content (AvgIpc) is 3.14. The van der Waals surface area contributed by atoms with E-state index in [4.69, 9.17) is 16.6 Å². The summed E-state index contributed by atoms with van der Waals surface area (Å²) in [6, 6.07) is 16.2. The Labute approximate surface area is 174 Å². The number of benzene rings is 2. The van der Waals surface area contributed by atoms with Gasteiger partial charge in [0.2, 0.25) is 5.91 Å². The predicted octanol–water partition coefficient (Wildman–Crippen LogP) is 5.14. The number of hydrogen-bond donors (Lipinski definition) is 0. The zero-order valence-electron chi connectivity index (χ0n) is 16.0. The molecule has 1 aromatic heterocycles. The van der Waals surface area contributed by atoms with E-state index in [-0.39, 0.29) is 11.9 Å². The van der Waals surface area contributed by atoms with Gasteiger partial charge in [-0.1, -0.05) is 42.3 Å². The second kappa shape index (κ2) is 8.60. The third-order valence-electron chi connectivity index (χ3n) is 5.31. The summed E-state index contributed by atoms with van der Waals surface area (Å²) in [4.78, 5) is 21.8. The van der Waals surface area contributed by atoms with Gasteiger partial charge in [-0.25, -0.2) is 4.98 Å². The molecule has 146 valence electrons. The second-order valence-corrected chi connectivity index (χ2v) is 8.88. The van der Waals surface area contributed by atoms with E-state index in [0.717, 1.165) is 35.5 Å². The van der Waals surface area contributed by atoms with Crippen LogP contribution >= 0.6 is 22.9 Å². The summed E-state index contributed by atoms with van der Waals surface area (Å²) in [5.41, 5.74) is 2.14. The molecule has 1 fully saturated rings. The molecule has 0 bridgehead atoms. The van der Waals surface area contributed by atoms with Gasteiger partial charge in [0.15, 0.2) is 0 Å². The number of aromatic nitrogens is 1. The zero-order chi connectivity index (χ0) is 19.5. The first kappa shape index (κ1) is 19.4. The van der Waals surface area contributed by atoms with Gasteiger partial charge >= 0.3 is 0 Å². The molecule has 2 aromatic carbocycles. The molecule has 6 heteroatoms. The Kier molecular flexibility index (Phi) is 5.95. The van der Waals surface area contributed by atoms with E-state index < -0.39 is 0 Å². The Morgan fingerprint density at radius 1 is 1.21 bits per heavy atom. The van der Waals surface area contributed by atoms with Crippen LogP contribution in [0.15, 0.2) is 48.5 Å². The number of nitrogens with zero attached hydrogens (tertiary/aromatic N) is 3. The predicted molar refractivity (Wildman–Crippen MR) is 116 cm³/mol. The minimum Gasteiger partial charge on any atom is -0.340 e. The Hall–Kier alpha value is -1.95. The lowest BCUT2D eigenvalue weighted by atomic mass is 10.0. The third-order valence-corrected chi connectivity index (χ3v) is 6.70. The molecule has 0 N–H and O–H groups in total. The number of piperidine rings is 1. The van der Waals surface area contributed by atoms with E-state index in [9.17, 15) is 4.79 Å². The van der Waals surface area contributed by atoms with Gasteiger partial charge < -0.3 is 4.90 Å². The normalized spacial score (nSPS) is 17.7. The summed E-state index contributed by atoms with van der Waals surface area (Å²) in [5, 5.41) is 1.85. The Balaban J connectivity index is 1.45. The lowest BCUT2D eigenvalue weighted by Crippen LogP contribution is -2.42. The fraction of sp³-hybridized carbons (Fsp3) is 0.364. The van der Waals surface area contributed by atoms with Gasteiger partial charge in [0.1, 0.15) is 5.01 Å². The summed E-state index contributed by atoms with van der Waals surface area (Å²) in [6.07, 6.45) is 3.38. The van der Waals surface area contributed by atoms with Crippen LogP contribution in [0.2, 0.25) is 5.02 Å². The van der Waals surface area contributed by atoms with Crippen molar-refractivity contribution in [2.24, 2.45) is 0 Å². The average molecular weight is 414 g/mol. The van der Waals surface area contributed by atoms with Gasteiger partial charge in [-0.15, -0.1) is 11.3 Å². The number of carbonyl (C=O) groups is 1. The van der Waals surface area contributed by atoms with Gasteiger partial charge in [0, 0.05) is 18.6 Å². The van der Waals surface area contributed by atoms with Crippen LogP contribution in [-0.2, 0) is 11.3 Å². The highest BCUT2D eigenvalue weighted by atomic mass is 35.5. The van der Waals surface area contributed by atoms with Gasteiger partial charge in [-0.05, 0) is 49.2 Å². The topological polar surface area (TPSA) is 36.4 Å². The van der Waals surface area contributed by atoms with Crippen LogP contribution in [0.25, 0.3) is 10.2 Å². The number of para-hydroxylation sites is 1. The Bertz CT molecular complexity index is 923. The first-order valence-electron chi connectivity index (χ1n) is 9.68. The van der Waals surface area contributed by atoms with Crippen LogP contribution in [0.4, 0.5) is 0 Å². The lowest BCUT2D eigenvalue weighted by Gasteiger charge is -2.34. The van der Waals surface area contributed by atoms with Crippen molar-refractivity contribution in [3.63, 3.8) is 0 Å². The second-order valence-electron chi connectivity index (χ2n) is 7.38. The van der Waals surface area contributed by atoms with Crippen LogP contribution in [0.5, 0.6) is 0 Å². The minimum atomic E-state index is 0.142. The maximum absolute atomic E-state index is 12.9. The number of hydrogen-bond acceptors (Lipinski definition) is 4. The molecule has 1 amide bonds. The number of thiazole rings is 1. The molecule has 3 aromatic rings. The molecule has 28 heavy (non-hydrogen) atoms. The highest BCUT2D eigenvalue weighted by Gasteiger charge is 2.29. The van der Waals surface area contributed by atoms with Gasteiger partial charge in [-0.2, -0.15) is 0 Å². The van der Waals surface area contributed by atoms with Crippen molar-refractivity contribution >= 4 is 39.1 Å². The number of amides is 1. The molecule has 0 radical (unpaired) electrons. The first-order chi connectivity index (χ1) is 13.6. The lowest BCUT2D eigenvalue weighted by molar-refractivity contribution is -0.132. The molecular weight excluding hydrogens is 390 g/mol. The van der Waals surface area contributed by atoms with Crippen molar-refractivity contribution in [3.8, 4) is 0 Å². The van der Waals surface area contributed by atoms with Crippen molar-refractivity contribution in [2.75, 3.05) is 20.1 Å². The number of likely N-dealkylation sites (tertiary alicyclic amines) is 1. The Morgan fingerprint density at radius 2 is 2.00 bits per heavy atom. The van der Waals surface area contributed by atoms with Gasteiger partial charge in [0.25, 0.3) is 0 Å². The van der Waals surface area contributed by atoms with Crippen LogP contribution < -0.4 is 0 Å². The molecule has 0 aliphatic carbocycles. The zero-order valence-corrected chi connectivity index (χ0v) is 17.5. The number of rotatable bonds is 5. The summed E-state index contributed by atoms with van der Waals surface area (Å²) in [7, 11) is 1.87. The van der Waals surface area contributed by atoms with Crippen molar-refractivity contribution in [1.29, 1.82) is 0 Å². The maximum Gasteiger partial charge on any atom is 0.236 e. The SMILES string of the molecule is CN(Cc1ccc(Cl)cc1)C(=O)CN1CCCC[C@@H]1c1nc2ccccc2s1. The van der Waals surface area contributed by atoms with Crippen LogP contribution in [0, 0.1) is 0 Å². The highest BCUT2D eigenvalue weighted by molar-refractivity contribution is 7.18. The molecular formula is C22H24ClN3OS. The summed E-state index contributed by atoms with van der Waals surface area (Å²) >= 11 is 7.71. The summed E-state index contributed by atoms with van der Waals surface area (Å²) in [5.74, 6) is 0.142. The van der Waals surface area contributed by atoms with E-state index in [1.54, 1.807) is 16.2 Å². The summed E-state index contributed by atoms with van der Waals surface area (Å²) < 4.78 is 1.22. The fourth-order valence-corrected chi connectivity index (χ4v) is 5.00.